The van der Waals surface area contributed by atoms with Crippen LogP contribution in [-0.2, 0) is 0 Å². The first-order chi connectivity index (χ1) is 6.26. The zero-order valence-corrected chi connectivity index (χ0v) is 8.67. The fraction of sp³-hybridized carbons (Fsp3) is 0.455. The number of hydrogen-bond acceptors (Lipinski definition) is 2. The fourth-order valence-corrected chi connectivity index (χ4v) is 0.774. The first kappa shape index (κ1) is 11.8. The Morgan fingerprint density at radius 1 is 1.38 bits per heavy atom. The van der Waals surface area contributed by atoms with Gasteiger partial charge in [0.25, 0.3) is 0 Å². The van der Waals surface area contributed by atoms with E-state index in [4.69, 9.17) is 5.41 Å². The molecule has 0 atom stereocenters. The first-order valence-corrected chi connectivity index (χ1v) is 4.76. The lowest BCUT2D eigenvalue weighted by molar-refractivity contribution is 1.09. The molecule has 0 amide bonds. The van der Waals surface area contributed by atoms with E-state index in [1.54, 1.807) is 18.4 Å². The molecule has 0 aromatic heterocycles. The predicted molar refractivity (Wildman–Crippen MR) is 59.7 cm³/mol. The van der Waals surface area contributed by atoms with Crippen LogP contribution < -0.4 is 0 Å². The maximum atomic E-state index is 7.38. The fourth-order valence-electron chi connectivity index (χ4n) is 0.774. The summed E-state index contributed by atoms with van der Waals surface area (Å²) in [5, 5.41) is 7.38. The average Bonchev–Trinajstić information content (AvgIpc) is 2.11. The van der Waals surface area contributed by atoms with Crippen molar-refractivity contribution < 1.29 is 0 Å². The highest BCUT2D eigenvalue weighted by Crippen LogP contribution is 2.04. The summed E-state index contributed by atoms with van der Waals surface area (Å²) in [6, 6.07) is 0. The molecule has 2 heteroatoms. The van der Waals surface area contributed by atoms with Crippen molar-refractivity contribution in [2.75, 3.05) is 0 Å². The molecule has 1 N–H and O–H groups in total. The molecule has 0 aromatic carbocycles. The quantitative estimate of drug-likeness (QED) is 0.639. The Kier molecular flexibility index (Phi) is 6.79. The van der Waals surface area contributed by atoms with Gasteiger partial charge in [-0.25, -0.2) is 0 Å². The minimum atomic E-state index is 0.504. The lowest BCUT2D eigenvalue weighted by Crippen LogP contribution is -1.98. The molecule has 0 saturated carbocycles. The summed E-state index contributed by atoms with van der Waals surface area (Å²) in [5.74, 6) is 0. The van der Waals surface area contributed by atoms with Crippen LogP contribution in [0.3, 0.4) is 0 Å². The molecular weight excluding hydrogens is 160 g/mol. The van der Waals surface area contributed by atoms with Crippen LogP contribution in [0.25, 0.3) is 0 Å². The van der Waals surface area contributed by atoms with Gasteiger partial charge < -0.3 is 0 Å². The molecule has 0 aliphatic carbocycles. The molecule has 0 unspecified atom stereocenters. The predicted octanol–water partition coefficient (Wildman–Crippen LogP) is 3.36. The van der Waals surface area contributed by atoms with Crippen molar-refractivity contribution in [3.05, 3.63) is 23.9 Å². The molecule has 13 heavy (non-hydrogen) atoms. The van der Waals surface area contributed by atoms with E-state index in [1.165, 1.54) is 6.42 Å². The molecule has 0 spiro atoms. The number of dihydropyridines is 1. The summed E-state index contributed by atoms with van der Waals surface area (Å²) in [6.07, 6.45) is 9.36. The van der Waals surface area contributed by atoms with Crippen LogP contribution in [0.15, 0.2) is 28.9 Å². The monoisotopic (exact) mass is 178 g/mol. The van der Waals surface area contributed by atoms with Crippen LogP contribution in [0.4, 0.5) is 0 Å². The highest BCUT2D eigenvalue weighted by molar-refractivity contribution is 6.10. The second-order valence-electron chi connectivity index (χ2n) is 2.76. The van der Waals surface area contributed by atoms with Gasteiger partial charge in [-0.2, -0.15) is 0 Å². The minimum Gasteiger partial charge on any atom is -0.299 e. The molecule has 2 nitrogen and oxygen atoms in total. The lowest BCUT2D eigenvalue weighted by Gasteiger charge is -2.00. The van der Waals surface area contributed by atoms with Crippen LogP contribution in [-0.4, -0.2) is 11.9 Å². The van der Waals surface area contributed by atoms with E-state index in [0.717, 1.165) is 12.1 Å². The molecule has 0 fully saturated rings. The zero-order chi connectivity index (χ0) is 10.1. The smallest absolute Gasteiger partial charge is 0.0838 e. The minimum absolute atomic E-state index is 0.504. The van der Waals surface area contributed by atoms with Gasteiger partial charge in [-0.05, 0) is 18.6 Å². The van der Waals surface area contributed by atoms with Crippen molar-refractivity contribution in [3.63, 3.8) is 0 Å². The topological polar surface area (TPSA) is 36.2 Å². The van der Waals surface area contributed by atoms with Gasteiger partial charge >= 0.3 is 0 Å². The van der Waals surface area contributed by atoms with Gasteiger partial charge in [0.15, 0.2) is 0 Å². The molecule has 72 valence electrons. The molecule has 0 saturated heterocycles. The van der Waals surface area contributed by atoms with E-state index in [-0.39, 0.29) is 0 Å². The SMILES string of the molecule is CC/C=C1/N=CC=CC1=N.CCC. The van der Waals surface area contributed by atoms with Crippen LogP contribution in [0.5, 0.6) is 0 Å². The Morgan fingerprint density at radius 3 is 2.46 bits per heavy atom. The number of nitrogens with one attached hydrogen (secondary N) is 1. The van der Waals surface area contributed by atoms with Gasteiger partial charge in [-0.15, -0.1) is 0 Å². The third kappa shape index (κ3) is 5.12. The van der Waals surface area contributed by atoms with Crippen molar-refractivity contribution in [2.45, 2.75) is 33.6 Å². The Bertz CT molecular complexity index is 234. The standard InChI is InChI=1S/C8H10N2.C3H8/c1-2-4-8-7(9)5-3-6-10-8;1-3-2/h3-6,9H,2H2,1H3;3H2,1-2H3/b8-4+,9-7?;. The van der Waals surface area contributed by atoms with E-state index in [2.05, 4.69) is 18.8 Å². The third-order valence-electron chi connectivity index (χ3n) is 1.24. The number of allylic oxidation sites excluding steroid dienone is 3. The summed E-state index contributed by atoms with van der Waals surface area (Å²) in [5.41, 5.74) is 1.29. The molecular formula is C11H18N2. The summed E-state index contributed by atoms with van der Waals surface area (Å²) >= 11 is 0. The summed E-state index contributed by atoms with van der Waals surface area (Å²) in [7, 11) is 0. The summed E-state index contributed by atoms with van der Waals surface area (Å²) in [6.45, 7) is 6.29. The van der Waals surface area contributed by atoms with Gasteiger partial charge in [-0.1, -0.05) is 33.3 Å². The Morgan fingerprint density at radius 2 is 2.00 bits per heavy atom. The van der Waals surface area contributed by atoms with E-state index >= 15 is 0 Å². The van der Waals surface area contributed by atoms with Crippen LogP contribution in [0.1, 0.15) is 33.6 Å². The molecule has 0 radical (unpaired) electrons. The number of rotatable bonds is 1. The summed E-state index contributed by atoms with van der Waals surface area (Å²) in [4.78, 5) is 4.02. The lowest BCUT2D eigenvalue weighted by atomic mass is 10.2. The van der Waals surface area contributed by atoms with Gasteiger partial charge in [0.05, 0.1) is 11.4 Å². The van der Waals surface area contributed by atoms with Crippen molar-refractivity contribution in [3.8, 4) is 0 Å². The van der Waals surface area contributed by atoms with Gasteiger partial charge in [0, 0.05) is 6.21 Å². The Labute approximate surface area is 80.6 Å². The van der Waals surface area contributed by atoms with Gasteiger partial charge in [0.2, 0.25) is 0 Å². The van der Waals surface area contributed by atoms with E-state index < -0.39 is 0 Å². The molecule has 1 heterocycles. The number of hydrogen-bond donors (Lipinski definition) is 1. The number of aliphatic imine (C=N–C) groups is 1. The maximum Gasteiger partial charge on any atom is 0.0838 e. The van der Waals surface area contributed by atoms with Crippen LogP contribution in [0.2, 0.25) is 0 Å². The maximum absolute atomic E-state index is 7.38. The van der Waals surface area contributed by atoms with Crippen LogP contribution >= 0.6 is 0 Å². The highest BCUT2D eigenvalue weighted by Gasteiger charge is 1.99. The van der Waals surface area contributed by atoms with Crippen molar-refractivity contribution in [1.82, 2.24) is 0 Å². The largest absolute Gasteiger partial charge is 0.299 e. The molecule has 1 aliphatic heterocycles. The second kappa shape index (κ2) is 7.47. The average molecular weight is 178 g/mol. The third-order valence-corrected chi connectivity index (χ3v) is 1.24. The molecule has 1 aliphatic rings. The highest BCUT2D eigenvalue weighted by atomic mass is 14.8. The van der Waals surface area contributed by atoms with Crippen molar-refractivity contribution in [2.24, 2.45) is 4.99 Å². The summed E-state index contributed by atoms with van der Waals surface area (Å²) < 4.78 is 0. The van der Waals surface area contributed by atoms with Gasteiger partial charge in [-0.3, -0.25) is 10.4 Å². The van der Waals surface area contributed by atoms with Gasteiger partial charge in [0.1, 0.15) is 0 Å². The molecule has 1 rings (SSSR count). The van der Waals surface area contributed by atoms with Crippen molar-refractivity contribution in [1.29, 1.82) is 5.41 Å². The molecule has 0 bridgehead atoms. The van der Waals surface area contributed by atoms with E-state index in [1.807, 2.05) is 13.0 Å². The normalized spacial score (nSPS) is 17.2. The Hall–Kier alpha value is -1.18. The first-order valence-electron chi connectivity index (χ1n) is 4.76. The Balaban J connectivity index is 0.000000424. The van der Waals surface area contributed by atoms with Crippen LogP contribution in [0, 0.1) is 5.41 Å². The zero-order valence-electron chi connectivity index (χ0n) is 8.67. The van der Waals surface area contributed by atoms with E-state index in [9.17, 15) is 0 Å². The van der Waals surface area contributed by atoms with Crippen molar-refractivity contribution >= 4 is 11.9 Å². The second-order valence-corrected chi connectivity index (χ2v) is 2.76. The molecule has 0 aromatic rings. The van der Waals surface area contributed by atoms with E-state index in [0.29, 0.717) is 5.71 Å². The number of nitrogens with zero attached hydrogens (tertiary/aromatic N) is 1.